The van der Waals surface area contributed by atoms with Crippen molar-refractivity contribution in [3.63, 3.8) is 0 Å². The molecule has 0 radical (unpaired) electrons. The highest BCUT2D eigenvalue weighted by Crippen LogP contribution is 2.25. The SMILES string of the molecule is Cn1nc(CN)nc1-c1ccccc1Br. The molecule has 0 saturated heterocycles. The number of halogens is 1. The molecule has 2 aromatic rings. The van der Waals surface area contributed by atoms with E-state index in [-0.39, 0.29) is 0 Å². The summed E-state index contributed by atoms with van der Waals surface area (Å²) in [5.41, 5.74) is 6.52. The third-order valence-electron chi connectivity index (χ3n) is 2.10. The standard InChI is InChI=1S/C10H11BrN4/c1-15-10(13-9(6-12)14-15)7-4-2-3-5-8(7)11/h2-5H,6,12H2,1H3. The fourth-order valence-electron chi connectivity index (χ4n) is 1.40. The molecule has 0 atom stereocenters. The van der Waals surface area contributed by atoms with Gasteiger partial charge in [0.1, 0.15) is 0 Å². The van der Waals surface area contributed by atoms with E-state index in [9.17, 15) is 0 Å². The van der Waals surface area contributed by atoms with E-state index in [1.165, 1.54) is 0 Å². The number of hydrogen-bond donors (Lipinski definition) is 1. The van der Waals surface area contributed by atoms with Gasteiger partial charge in [-0.3, -0.25) is 0 Å². The Morgan fingerprint density at radius 1 is 1.40 bits per heavy atom. The van der Waals surface area contributed by atoms with Crippen molar-refractivity contribution >= 4 is 15.9 Å². The zero-order valence-electron chi connectivity index (χ0n) is 8.31. The van der Waals surface area contributed by atoms with E-state index in [1.54, 1.807) is 4.68 Å². The van der Waals surface area contributed by atoms with Crippen molar-refractivity contribution in [3.8, 4) is 11.4 Å². The maximum absolute atomic E-state index is 5.50. The molecule has 1 heterocycles. The highest BCUT2D eigenvalue weighted by Gasteiger charge is 2.10. The van der Waals surface area contributed by atoms with E-state index >= 15 is 0 Å². The Labute approximate surface area is 96.3 Å². The van der Waals surface area contributed by atoms with Crippen LogP contribution in [0.5, 0.6) is 0 Å². The molecular weight excluding hydrogens is 256 g/mol. The molecule has 78 valence electrons. The zero-order valence-corrected chi connectivity index (χ0v) is 9.90. The van der Waals surface area contributed by atoms with E-state index in [4.69, 9.17) is 5.73 Å². The summed E-state index contributed by atoms with van der Waals surface area (Å²) in [4.78, 5) is 4.36. The Hall–Kier alpha value is -1.20. The highest BCUT2D eigenvalue weighted by atomic mass is 79.9. The minimum atomic E-state index is 0.359. The van der Waals surface area contributed by atoms with Crippen LogP contribution >= 0.6 is 15.9 Å². The van der Waals surface area contributed by atoms with Gasteiger partial charge in [0.05, 0.1) is 6.54 Å². The van der Waals surface area contributed by atoms with Gasteiger partial charge in [0.2, 0.25) is 0 Å². The second-order valence-corrected chi connectivity index (χ2v) is 4.01. The quantitative estimate of drug-likeness (QED) is 0.901. The van der Waals surface area contributed by atoms with Gasteiger partial charge >= 0.3 is 0 Å². The monoisotopic (exact) mass is 266 g/mol. The van der Waals surface area contributed by atoms with Crippen LogP contribution in [0.2, 0.25) is 0 Å². The third-order valence-corrected chi connectivity index (χ3v) is 2.80. The van der Waals surface area contributed by atoms with Crippen LogP contribution in [0.4, 0.5) is 0 Å². The number of benzene rings is 1. The summed E-state index contributed by atoms with van der Waals surface area (Å²) < 4.78 is 2.74. The van der Waals surface area contributed by atoms with Gasteiger partial charge in [0, 0.05) is 17.1 Å². The number of nitrogens with two attached hydrogens (primary N) is 1. The van der Waals surface area contributed by atoms with Crippen molar-refractivity contribution in [1.29, 1.82) is 0 Å². The van der Waals surface area contributed by atoms with Gasteiger partial charge in [-0.15, -0.1) is 0 Å². The molecule has 0 spiro atoms. The van der Waals surface area contributed by atoms with Gasteiger partial charge in [-0.25, -0.2) is 9.67 Å². The number of aromatic nitrogens is 3. The lowest BCUT2D eigenvalue weighted by atomic mass is 10.2. The summed E-state index contributed by atoms with van der Waals surface area (Å²) in [7, 11) is 1.86. The Morgan fingerprint density at radius 3 is 2.73 bits per heavy atom. The predicted octanol–water partition coefficient (Wildman–Crippen LogP) is 1.70. The molecule has 0 aliphatic rings. The fourth-order valence-corrected chi connectivity index (χ4v) is 1.86. The maximum Gasteiger partial charge on any atom is 0.164 e. The minimum Gasteiger partial charge on any atom is -0.324 e. The molecule has 2 N–H and O–H groups in total. The van der Waals surface area contributed by atoms with Crippen LogP contribution in [0, 0.1) is 0 Å². The first-order valence-corrected chi connectivity index (χ1v) is 5.36. The zero-order chi connectivity index (χ0) is 10.8. The number of hydrogen-bond acceptors (Lipinski definition) is 3. The van der Waals surface area contributed by atoms with E-state index in [0.717, 1.165) is 15.9 Å². The summed E-state index contributed by atoms with van der Waals surface area (Å²) in [5.74, 6) is 1.48. The highest BCUT2D eigenvalue weighted by molar-refractivity contribution is 9.10. The van der Waals surface area contributed by atoms with Crippen LogP contribution < -0.4 is 5.73 Å². The number of nitrogens with zero attached hydrogens (tertiary/aromatic N) is 3. The molecule has 5 heteroatoms. The second kappa shape index (κ2) is 4.12. The first-order valence-electron chi connectivity index (χ1n) is 4.57. The van der Waals surface area contributed by atoms with Crippen molar-refractivity contribution in [1.82, 2.24) is 14.8 Å². The Balaban J connectivity index is 2.54. The minimum absolute atomic E-state index is 0.359. The molecule has 0 bridgehead atoms. The molecule has 0 saturated carbocycles. The van der Waals surface area contributed by atoms with Gasteiger partial charge < -0.3 is 5.73 Å². The summed E-state index contributed by atoms with van der Waals surface area (Å²) in [6.07, 6.45) is 0. The third kappa shape index (κ3) is 1.93. The van der Waals surface area contributed by atoms with Gasteiger partial charge in [-0.2, -0.15) is 5.10 Å². The molecule has 0 fully saturated rings. The van der Waals surface area contributed by atoms with Crippen molar-refractivity contribution in [2.75, 3.05) is 0 Å². The lowest BCUT2D eigenvalue weighted by Crippen LogP contribution is -1.99. The molecule has 4 nitrogen and oxygen atoms in total. The van der Waals surface area contributed by atoms with E-state index in [0.29, 0.717) is 12.4 Å². The van der Waals surface area contributed by atoms with Crippen LogP contribution in [0.3, 0.4) is 0 Å². The van der Waals surface area contributed by atoms with Crippen LogP contribution in [0.15, 0.2) is 28.7 Å². The molecule has 15 heavy (non-hydrogen) atoms. The topological polar surface area (TPSA) is 56.7 Å². The number of aryl methyl sites for hydroxylation is 1. The summed E-state index contributed by atoms with van der Waals surface area (Å²) >= 11 is 3.49. The van der Waals surface area contributed by atoms with E-state index < -0.39 is 0 Å². The molecule has 0 unspecified atom stereocenters. The van der Waals surface area contributed by atoms with Crippen LogP contribution in [0.1, 0.15) is 5.82 Å². The average Bonchev–Trinajstić information content (AvgIpc) is 2.60. The normalized spacial score (nSPS) is 10.6. The molecule has 1 aromatic carbocycles. The summed E-state index contributed by atoms with van der Waals surface area (Å²) in [5, 5.41) is 4.21. The first-order chi connectivity index (χ1) is 7.22. The predicted molar refractivity (Wildman–Crippen MR) is 62.0 cm³/mol. The van der Waals surface area contributed by atoms with E-state index in [2.05, 4.69) is 26.0 Å². The first kappa shape index (κ1) is 10.3. The lowest BCUT2D eigenvalue weighted by molar-refractivity contribution is 0.748. The molecule has 1 aromatic heterocycles. The number of rotatable bonds is 2. The molecule has 2 rings (SSSR count). The average molecular weight is 267 g/mol. The van der Waals surface area contributed by atoms with Crippen LogP contribution in [-0.2, 0) is 13.6 Å². The van der Waals surface area contributed by atoms with Gasteiger partial charge in [-0.05, 0) is 6.07 Å². The molecule has 0 amide bonds. The fraction of sp³-hybridized carbons (Fsp3) is 0.200. The Bertz CT molecular complexity index is 478. The van der Waals surface area contributed by atoms with Gasteiger partial charge in [0.25, 0.3) is 0 Å². The van der Waals surface area contributed by atoms with Crippen molar-refractivity contribution in [2.45, 2.75) is 6.54 Å². The summed E-state index contributed by atoms with van der Waals surface area (Å²) in [6.45, 7) is 0.359. The van der Waals surface area contributed by atoms with Crippen molar-refractivity contribution < 1.29 is 0 Å². The lowest BCUT2D eigenvalue weighted by Gasteiger charge is -2.01. The Kier molecular flexibility index (Phi) is 2.83. The van der Waals surface area contributed by atoms with Crippen LogP contribution in [0.25, 0.3) is 11.4 Å². The molecule has 0 aliphatic heterocycles. The van der Waals surface area contributed by atoms with E-state index in [1.807, 2.05) is 31.3 Å². The molecular formula is C10H11BrN4. The van der Waals surface area contributed by atoms with Gasteiger partial charge in [-0.1, -0.05) is 34.1 Å². The second-order valence-electron chi connectivity index (χ2n) is 3.16. The van der Waals surface area contributed by atoms with Crippen LogP contribution in [-0.4, -0.2) is 14.8 Å². The van der Waals surface area contributed by atoms with Crippen molar-refractivity contribution in [2.24, 2.45) is 12.8 Å². The van der Waals surface area contributed by atoms with Gasteiger partial charge in [0.15, 0.2) is 11.6 Å². The molecule has 0 aliphatic carbocycles. The largest absolute Gasteiger partial charge is 0.324 e. The van der Waals surface area contributed by atoms with Crippen molar-refractivity contribution in [3.05, 3.63) is 34.6 Å². The maximum atomic E-state index is 5.50. The Morgan fingerprint density at radius 2 is 2.13 bits per heavy atom. The smallest absolute Gasteiger partial charge is 0.164 e. The summed E-state index contributed by atoms with van der Waals surface area (Å²) in [6, 6.07) is 7.91.